The molecule has 1 aliphatic rings. The molecular formula is C18H31NO4. The summed E-state index contributed by atoms with van der Waals surface area (Å²) >= 11 is 0. The second-order valence-electron chi connectivity index (χ2n) is 7.10. The summed E-state index contributed by atoms with van der Waals surface area (Å²) in [6.07, 6.45) is 9.63. The normalized spacial score (nSPS) is 17.7. The van der Waals surface area contributed by atoms with E-state index in [1.165, 1.54) is 38.2 Å². The molecule has 23 heavy (non-hydrogen) atoms. The summed E-state index contributed by atoms with van der Waals surface area (Å²) in [7, 11) is 0. The van der Waals surface area contributed by atoms with Crippen LogP contribution in [-0.2, 0) is 14.3 Å². The molecule has 5 heteroatoms. The first-order chi connectivity index (χ1) is 10.8. The molecule has 0 aliphatic heterocycles. The molecule has 1 fully saturated rings. The zero-order chi connectivity index (χ0) is 17.3. The Balaban J connectivity index is 2.62. The van der Waals surface area contributed by atoms with Gasteiger partial charge in [0.1, 0.15) is 5.60 Å². The topological polar surface area (TPSA) is 64.6 Å². The standard InChI is InChI=1S/C18H31NO4/c1-5-22-16(20)12-11-15(13-14-9-7-6-8-10-14)19-17(21)23-18(2,3)4/h11-12,14-15H,5-10,13H2,1-4H3,(H,19,21)/b12-11+/t15-/m1/s1. The fourth-order valence-corrected chi connectivity index (χ4v) is 2.81. The Kier molecular flexibility index (Phi) is 8.13. The average Bonchev–Trinajstić information content (AvgIpc) is 2.44. The smallest absolute Gasteiger partial charge is 0.408 e. The van der Waals surface area contributed by atoms with Crippen molar-refractivity contribution in [1.29, 1.82) is 0 Å². The Labute approximate surface area is 139 Å². The van der Waals surface area contributed by atoms with Crippen molar-refractivity contribution in [3.63, 3.8) is 0 Å². The van der Waals surface area contributed by atoms with E-state index in [4.69, 9.17) is 9.47 Å². The van der Waals surface area contributed by atoms with Crippen LogP contribution in [0.1, 0.15) is 66.2 Å². The minimum absolute atomic E-state index is 0.211. The third kappa shape index (κ3) is 9.26. The number of esters is 1. The van der Waals surface area contributed by atoms with Crippen molar-refractivity contribution >= 4 is 12.1 Å². The fraction of sp³-hybridized carbons (Fsp3) is 0.778. The van der Waals surface area contributed by atoms with Gasteiger partial charge in [-0.15, -0.1) is 0 Å². The Morgan fingerprint density at radius 1 is 1.22 bits per heavy atom. The van der Waals surface area contributed by atoms with Gasteiger partial charge in [-0.3, -0.25) is 0 Å². The number of alkyl carbamates (subject to hydrolysis) is 1. The SMILES string of the molecule is CCOC(=O)/C=C/[C@H](CC1CCCCC1)NC(=O)OC(C)(C)C. The molecule has 132 valence electrons. The molecule has 1 atom stereocenters. The van der Waals surface area contributed by atoms with E-state index in [2.05, 4.69) is 5.32 Å². The molecule has 5 nitrogen and oxygen atoms in total. The maximum Gasteiger partial charge on any atom is 0.408 e. The van der Waals surface area contributed by atoms with E-state index in [1.807, 2.05) is 20.8 Å². The number of rotatable bonds is 6. The molecule has 0 aromatic rings. The third-order valence-corrected chi connectivity index (χ3v) is 3.77. The number of hydrogen-bond acceptors (Lipinski definition) is 4. The summed E-state index contributed by atoms with van der Waals surface area (Å²) < 4.78 is 10.2. The van der Waals surface area contributed by atoms with Crippen LogP contribution in [0.25, 0.3) is 0 Å². The lowest BCUT2D eigenvalue weighted by Crippen LogP contribution is -2.39. The number of ether oxygens (including phenoxy) is 2. The van der Waals surface area contributed by atoms with E-state index in [-0.39, 0.29) is 12.0 Å². The lowest BCUT2D eigenvalue weighted by atomic mass is 9.85. The molecule has 1 saturated carbocycles. The van der Waals surface area contributed by atoms with Gasteiger partial charge in [-0.2, -0.15) is 0 Å². The van der Waals surface area contributed by atoms with Crippen molar-refractivity contribution in [3.05, 3.63) is 12.2 Å². The molecule has 0 radical (unpaired) electrons. The molecule has 0 saturated heterocycles. The van der Waals surface area contributed by atoms with Gasteiger partial charge in [0.25, 0.3) is 0 Å². The van der Waals surface area contributed by atoms with Crippen LogP contribution in [0.4, 0.5) is 4.79 Å². The highest BCUT2D eigenvalue weighted by atomic mass is 16.6. The van der Waals surface area contributed by atoms with Gasteiger partial charge in [0, 0.05) is 6.08 Å². The van der Waals surface area contributed by atoms with Gasteiger partial charge in [-0.05, 0) is 40.0 Å². The second kappa shape index (κ2) is 9.58. The second-order valence-corrected chi connectivity index (χ2v) is 7.10. The van der Waals surface area contributed by atoms with Crippen LogP contribution in [-0.4, -0.2) is 30.3 Å². The minimum atomic E-state index is -0.537. The van der Waals surface area contributed by atoms with Crippen LogP contribution < -0.4 is 5.32 Å². The van der Waals surface area contributed by atoms with Gasteiger partial charge >= 0.3 is 12.1 Å². The van der Waals surface area contributed by atoms with Crippen LogP contribution in [0, 0.1) is 5.92 Å². The van der Waals surface area contributed by atoms with Crippen molar-refractivity contribution < 1.29 is 19.1 Å². The predicted octanol–water partition coefficient (Wildman–Crippen LogP) is 3.97. The quantitative estimate of drug-likeness (QED) is 0.593. The van der Waals surface area contributed by atoms with Gasteiger partial charge in [0.05, 0.1) is 12.6 Å². The van der Waals surface area contributed by atoms with Crippen molar-refractivity contribution in [3.8, 4) is 0 Å². The van der Waals surface area contributed by atoms with Crippen molar-refractivity contribution in [1.82, 2.24) is 5.32 Å². The van der Waals surface area contributed by atoms with E-state index >= 15 is 0 Å². The first-order valence-corrected chi connectivity index (χ1v) is 8.64. The lowest BCUT2D eigenvalue weighted by Gasteiger charge is -2.27. The molecular weight excluding hydrogens is 294 g/mol. The van der Waals surface area contributed by atoms with Crippen molar-refractivity contribution in [2.45, 2.75) is 77.9 Å². The molecule has 0 aromatic heterocycles. The van der Waals surface area contributed by atoms with Crippen LogP contribution in [0.2, 0.25) is 0 Å². The van der Waals surface area contributed by atoms with Gasteiger partial charge in [0.2, 0.25) is 0 Å². The Morgan fingerprint density at radius 2 is 1.87 bits per heavy atom. The highest BCUT2D eigenvalue weighted by Gasteiger charge is 2.22. The summed E-state index contributed by atoms with van der Waals surface area (Å²) in [4.78, 5) is 23.5. The van der Waals surface area contributed by atoms with Crippen LogP contribution >= 0.6 is 0 Å². The number of carbonyl (C=O) groups is 2. The minimum Gasteiger partial charge on any atom is -0.463 e. The molecule has 0 bridgehead atoms. The summed E-state index contributed by atoms with van der Waals surface area (Å²) in [5.74, 6) is 0.197. The molecule has 1 N–H and O–H groups in total. The molecule has 1 rings (SSSR count). The molecule has 1 amide bonds. The Morgan fingerprint density at radius 3 is 2.43 bits per heavy atom. The van der Waals surface area contributed by atoms with Crippen LogP contribution in [0.3, 0.4) is 0 Å². The molecule has 1 aliphatic carbocycles. The zero-order valence-corrected chi connectivity index (χ0v) is 14.9. The number of hydrogen-bond donors (Lipinski definition) is 1. The van der Waals surface area contributed by atoms with Gasteiger partial charge < -0.3 is 14.8 Å². The first-order valence-electron chi connectivity index (χ1n) is 8.64. The third-order valence-electron chi connectivity index (χ3n) is 3.77. The van der Waals surface area contributed by atoms with E-state index in [9.17, 15) is 9.59 Å². The first kappa shape index (κ1) is 19.5. The average molecular weight is 325 g/mol. The number of nitrogens with one attached hydrogen (secondary N) is 1. The van der Waals surface area contributed by atoms with E-state index in [1.54, 1.807) is 13.0 Å². The predicted molar refractivity (Wildman–Crippen MR) is 90.1 cm³/mol. The molecule has 0 spiro atoms. The maximum absolute atomic E-state index is 12.0. The van der Waals surface area contributed by atoms with E-state index in [0.717, 1.165) is 6.42 Å². The Hall–Kier alpha value is -1.52. The summed E-state index contributed by atoms with van der Waals surface area (Å²) in [6.45, 7) is 7.60. The summed E-state index contributed by atoms with van der Waals surface area (Å²) in [5, 5.41) is 2.86. The van der Waals surface area contributed by atoms with Gasteiger partial charge in [-0.1, -0.05) is 38.2 Å². The van der Waals surface area contributed by atoms with Gasteiger partial charge in [0.15, 0.2) is 0 Å². The van der Waals surface area contributed by atoms with Gasteiger partial charge in [-0.25, -0.2) is 9.59 Å². The Bertz CT molecular complexity index is 406. The van der Waals surface area contributed by atoms with Crippen molar-refractivity contribution in [2.75, 3.05) is 6.61 Å². The number of amides is 1. The van der Waals surface area contributed by atoms with Crippen LogP contribution in [0.5, 0.6) is 0 Å². The highest BCUT2D eigenvalue weighted by Crippen LogP contribution is 2.27. The lowest BCUT2D eigenvalue weighted by molar-refractivity contribution is -0.137. The van der Waals surface area contributed by atoms with Crippen LogP contribution in [0.15, 0.2) is 12.2 Å². The molecule has 0 unspecified atom stereocenters. The fourth-order valence-electron chi connectivity index (χ4n) is 2.81. The summed E-state index contributed by atoms with van der Waals surface area (Å²) in [6, 6.07) is -0.211. The largest absolute Gasteiger partial charge is 0.463 e. The van der Waals surface area contributed by atoms with E-state index < -0.39 is 11.7 Å². The monoisotopic (exact) mass is 325 g/mol. The zero-order valence-electron chi connectivity index (χ0n) is 14.9. The molecule has 0 aromatic carbocycles. The maximum atomic E-state index is 12.0. The van der Waals surface area contributed by atoms with E-state index in [0.29, 0.717) is 12.5 Å². The molecule has 0 heterocycles. The van der Waals surface area contributed by atoms with Crippen molar-refractivity contribution in [2.24, 2.45) is 5.92 Å². The number of carbonyl (C=O) groups excluding carboxylic acids is 2. The summed E-state index contributed by atoms with van der Waals surface area (Å²) in [5.41, 5.74) is -0.537. The highest BCUT2D eigenvalue weighted by molar-refractivity contribution is 5.82.